The molecule has 0 unspecified atom stereocenters. The quantitative estimate of drug-likeness (QED) is 0.677. The van der Waals surface area contributed by atoms with Crippen LogP contribution in [-0.4, -0.2) is 52.2 Å². The van der Waals surface area contributed by atoms with Crippen molar-refractivity contribution < 1.29 is 33.7 Å². The molecule has 3 saturated carbocycles. The molecule has 0 amide bonds. The van der Waals surface area contributed by atoms with Crippen molar-refractivity contribution in [1.29, 1.82) is 0 Å². The number of rotatable bonds is 3. The molecule has 4 aliphatic rings. The van der Waals surface area contributed by atoms with Gasteiger partial charge in [-0.25, -0.2) is 4.39 Å². The summed E-state index contributed by atoms with van der Waals surface area (Å²) in [6.45, 7) is 4.46. The van der Waals surface area contributed by atoms with E-state index in [0.717, 1.165) is 0 Å². The molecular formula is C23H31FO6. The zero-order chi connectivity index (χ0) is 22.1. The largest absolute Gasteiger partial charge is 0.458 e. The van der Waals surface area contributed by atoms with Gasteiger partial charge in [0.05, 0.1) is 6.10 Å². The van der Waals surface area contributed by atoms with Gasteiger partial charge in [0.25, 0.3) is 0 Å². The standard InChI is InChI=1S/C23H31FO6/c1-12(25)30-11-19(28)23(29)7-5-15-14-9-17(24)16-8-13(26)4-6-21(16,2)20(14)18(27)10-22(15,23)3/h8,14-15,17-18,20,27,29H,4-7,9-11H2,1-3H3/t14-,15-,17-,18-,20+,21-,22-,23-/m0/s1. The van der Waals surface area contributed by atoms with Crippen LogP contribution in [0.2, 0.25) is 0 Å². The third-order valence-corrected chi connectivity index (χ3v) is 8.89. The minimum absolute atomic E-state index is 0.0648. The molecule has 30 heavy (non-hydrogen) atoms. The van der Waals surface area contributed by atoms with Crippen molar-refractivity contribution in [2.75, 3.05) is 6.61 Å². The van der Waals surface area contributed by atoms with Crippen molar-refractivity contribution in [3.8, 4) is 0 Å². The Morgan fingerprint density at radius 3 is 2.67 bits per heavy atom. The summed E-state index contributed by atoms with van der Waals surface area (Å²) in [5.74, 6) is -1.76. The number of fused-ring (bicyclic) bond motifs is 5. The Bertz CT molecular complexity index is 823. The number of ether oxygens (including phenoxy) is 1. The minimum atomic E-state index is -1.72. The van der Waals surface area contributed by atoms with Crippen molar-refractivity contribution in [1.82, 2.24) is 0 Å². The van der Waals surface area contributed by atoms with E-state index in [9.17, 15) is 24.6 Å². The lowest BCUT2D eigenvalue weighted by molar-refractivity contribution is -0.186. The van der Waals surface area contributed by atoms with E-state index in [1.807, 2.05) is 6.92 Å². The summed E-state index contributed by atoms with van der Waals surface area (Å²) >= 11 is 0. The number of aliphatic hydroxyl groups excluding tert-OH is 1. The minimum Gasteiger partial charge on any atom is -0.458 e. The van der Waals surface area contributed by atoms with Crippen LogP contribution in [0.4, 0.5) is 4.39 Å². The Morgan fingerprint density at radius 2 is 2.00 bits per heavy atom. The second kappa shape index (κ2) is 6.95. The Labute approximate surface area is 175 Å². The van der Waals surface area contributed by atoms with Gasteiger partial charge in [-0.05, 0) is 66.9 Å². The molecule has 0 aromatic rings. The summed E-state index contributed by atoms with van der Waals surface area (Å²) in [5.41, 5.74) is -2.74. The number of allylic oxidation sites excluding steroid dienone is 1. The molecule has 2 N–H and O–H groups in total. The van der Waals surface area contributed by atoms with Crippen molar-refractivity contribution in [3.05, 3.63) is 11.6 Å². The maximum absolute atomic E-state index is 15.3. The van der Waals surface area contributed by atoms with Crippen LogP contribution in [-0.2, 0) is 19.1 Å². The first-order valence-electron chi connectivity index (χ1n) is 10.9. The van der Waals surface area contributed by atoms with Gasteiger partial charge in [0, 0.05) is 18.8 Å². The predicted molar refractivity (Wildman–Crippen MR) is 105 cm³/mol. The van der Waals surface area contributed by atoms with E-state index < -0.39 is 47.1 Å². The SMILES string of the molecule is CC(=O)OCC(=O)[C@@]1(O)CC[C@H]2[C@@H]3C[C@H](F)C4=CC(=O)CC[C@]4(C)[C@H]3[C@@H](O)C[C@@]21C. The van der Waals surface area contributed by atoms with Crippen molar-refractivity contribution in [2.24, 2.45) is 28.6 Å². The highest BCUT2D eigenvalue weighted by molar-refractivity contribution is 5.92. The zero-order valence-corrected chi connectivity index (χ0v) is 17.8. The molecule has 3 fully saturated rings. The fourth-order valence-electron chi connectivity index (χ4n) is 7.44. The monoisotopic (exact) mass is 422 g/mol. The van der Waals surface area contributed by atoms with Gasteiger partial charge in [0.2, 0.25) is 5.78 Å². The topological polar surface area (TPSA) is 101 Å². The first kappa shape index (κ1) is 21.6. The predicted octanol–water partition coefficient (Wildman–Crippen LogP) is 2.30. The third kappa shape index (κ3) is 2.84. The summed E-state index contributed by atoms with van der Waals surface area (Å²) in [4.78, 5) is 35.9. The molecule has 0 aromatic carbocycles. The van der Waals surface area contributed by atoms with Crippen LogP contribution in [0, 0.1) is 28.6 Å². The van der Waals surface area contributed by atoms with Gasteiger partial charge in [0.1, 0.15) is 11.8 Å². The number of carbonyl (C=O) groups excluding carboxylic acids is 3. The van der Waals surface area contributed by atoms with E-state index in [1.54, 1.807) is 6.92 Å². The molecular weight excluding hydrogens is 391 g/mol. The van der Waals surface area contributed by atoms with Crippen LogP contribution >= 0.6 is 0 Å². The van der Waals surface area contributed by atoms with Gasteiger partial charge in [-0.2, -0.15) is 0 Å². The fourth-order valence-corrected chi connectivity index (χ4v) is 7.44. The highest BCUT2D eigenvalue weighted by Crippen LogP contribution is 2.67. The first-order valence-corrected chi connectivity index (χ1v) is 10.9. The second-order valence-corrected chi connectivity index (χ2v) is 10.3. The Kier molecular flexibility index (Phi) is 5.01. The molecule has 4 rings (SSSR count). The lowest BCUT2D eigenvalue weighted by atomic mass is 9.45. The number of ketones is 2. The molecule has 7 heteroatoms. The fraction of sp³-hybridized carbons (Fsp3) is 0.783. The van der Waals surface area contributed by atoms with Crippen LogP contribution in [0.25, 0.3) is 0 Å². The normalized spacial score (nSPS) is 47.6. The van der Waals surface area contributed by atoms with Crippen LogP contribution in [0.15, 0.2) is 11.6 Å². The molecule has 8 atom stereocenters. The number of hydrogen-bond acceptors (Lipinski definition) is 6. The number of alkyl halides is 1. The van der Waals surface area contributed by atoms with Crippen LogP contribution in [0.5, 0.6) is 0 Å². The Hall–Kier alpha value is -1.60. The third-order valence-electron chi connectivity index (χ3n) is 8.89. The van der Waals surface area contributed by atoms with Crippen molar-refractivity contribution in [2.45, 2.75) is 77.2 Å². The molecule has 4 aliphatic carbocycles. The molecule has 166 valence electrons. The van der Waals surface area contributed by atoms with E-state index in [1.165, 1.54) is 13.0 Å². The number of carbonyl (C=O) groups is 3. The average molecular weight is 422 g/mol. The number of hydrogen-bond donors (Lipinski definition) is 2. The Morgan fingerprint density at radius 1 is 1.30 bits per heavy atom. The van der Waals surface area contributed by atoms with Gasteiger partial charge in [0.15, 0.2) is 12.4 Å². The zero-order valence-electron chi connectivity index (χ0n) is 17.8. The maximum atomic E-state index is 15.3. The molecule has 0 aliphatic heterocycles. The van der Waals surface area contributed by atoms with E-state index in [0.29, 0.717) is 24.8 Å². The second-order valence-electron chi connectivity index (χ2n) is 10.3. The molecule has 6 nitrogen and oxygen atoms in total. The van der Waals surface area contributed by atoms with E-state index in [4.69, 9.17) is 4.74 Å². The van der Waals surface area contributed by atoms with Gasteiger partial charge in [-0.15, -0.1) is 0 Å². The summed E-state index contributed by atoms with van der Waals surface area (Å²) in [6.07, 6.45) is 1.37. The van der Waals surface area contributed by atoms with E-state index >= 15 is 4.39 Å². The molecule has 0 spiro atoms. The number of Topliss-reactive ketones (excluding diaryl/α,β-unsaturated/α-hetero) is 1. The molecule has 0 aromatic heterocycles. The average Bonchev–Trinajstić information content (AvgIpc) is 2.93. The number of aliphatic hydroxyl groups is 2. The lowest BCUT2D eigenvalue weighted by Crippen LogP contribution is -2.63. The van der Waals surface area contributed by atoms with Crippen molar-refractivity contribution in [3.63, 3.8) is 0 Å². The smallest absolute Gasteiger partial charge is 0.303 e. The van der Waals surface area contributed by atoms with E-state index in [2.05, 4.69) is 0 Å². The van der Waals surface area contributed by atoms with Gasteiger partial charge in [-0.3, -0.25) is 14.4 Å². The van der Waals surface area contributed by atoms with Crippen LogP contribution < -0.4 is 0 Å². The summed E-state index contributed by atoms with van der Waals surface area (Å²) < 4.78 is 20.1. The molecule has 0 heterocycles. The maximum Gasteiger partial charge on any atom is 0.303 e. The molecule has 0 saturated heterocycles. The molecule has 0 bridgehead atoms. The summed E-state index contributed by atoms with van der Waals surface area (Å²) in [6, 6.07) is 0. The van der Waals surface area contributed by atoms with E-state index in [-0.39, 0.29) is 42.8 Å². The van der Waals surface area contributed by atoms with Crippen LogP contribution in [0.3, 0.4) is 0 Å². The highest BCUT2D eigenvalue weighted by Gasteiger charge is 2.69. The highest BCUT2D eigenvalue weighted by atomic mass is 19.1. The molecule has 0 radical (unpaired) electrons. The lowest BCUT2D eigenvalue weighted by Gasteiger charge is -2.61. The van der Waals surface area contributed by atoms with Crippen molar-refractivity contribution >= 4 is 17.5 Å². The van der Waals surface area contributed by atoms with Crippen LogP contribution in [0.1, 0.15) is 59.3 Å². The summed E-state index contributed by atoms with van der Waals surface area (Å²) in [5, 5.41) is 22.7. The van der Waals surface area contributed by atoms with Gasteiger partial charge in [-0.1, -0.05) is 13.8 Å². The van der Waals surface area contributed by atoms with Gasteiger partial charge < -0.3 is 14.9 Å². The number of esters is 1. The first-order chi connectivity index (χ1) is 13.9. The Balaban J connectivity index is 1.69. The summed E-state index contributed by atoms with van der Waals surface area (Å²) in [7, 11) is 0. The van der Waals surface area contributed by atoms with Gasteiger partial charge >= 0.3 is 5.97 Å². The number of halogens is 1.